The van der Waals surface area contributed by atoms with Gasteiger partial charge in [0.15, 0.2) is 0 Å². The molecule has 2 aromatic heterocycles. The van der Waals surface area contributed by atoms with Crippen molar-refractivity contribution >= 4 is 38.9 Å². The van der Waals surface area contributed by atoms with E-state index in [9.17, 15) is 4.79 Å². The predicted molar refractivity (Wildman–Crippen MR) is 72.5 cm³/mol. The molecule has 3 heterocycles. The van der Waals surface area contributed by atoms with Crippen molar-refractivity contribution in [3.05, 3.63) is 17.1 Å². The fourth-order valence-electron chi connectivity index (χ4n) is 2.22. The number of aromatic nitrogens is 1. The van der Waals surface area contributed by atoms with Crippen LogP contribution in [0.5, 0.6) is 0 Å². The third-order valence-corrected chi connectivity index (χ3v) is 4.19. The average molecular weight is 263 g/mol. The second kappa shape index (κ2) is 4.13. The Hall–Kier alpha value is -1.82. The van der Waals surface area contributed by atoms with Crippen molar-refractivity contribution in [3.63, 3.8) is 0 Å². The summed E-state index contributed by atoms with van der Waals surface area (Å²) in [6, 6.07) is 1.99. The predicted octanol–water partition coefficient (Wildman–Crippen LogP) is 2.29. The number of hydrogen-bond acceptors (Lipinski definition) is 6. The molecule has 18 heavy (non-hydrogen) atoms. The molecule has 0 spiro atoms. The number of pyridine rings is 1. The maximum atomic E-state index is 11.8. The first-order valence-corrected chi connectivity index (χ1v) is 6.56. The van der Waals surface area contributed by atoms with Crippen LogP contribution >= 0.6 is 11.3 Å². The van der Waals surface area contributed by atoms with Gasteiger partial charge in [-0.25, -0.2) is 9.78 Å². The Bertz CT molecular complexity index is 623. The van der Waals surface area contributed by atoms with Gasteiger partial charge < -0.3 is 15.0 Å². The molecule has 2 aromatic rings. The molecule has 0 saturated heterocycles. The highest BCUT2D eigenvalue weighted by Crippen LogP contribution is 2.42. The van der Waals surface area contributed by atoms with Gasteiger partial charge in [0.1, 0.15) is 9.71 Å². The van der Waals surface area contributed by atoms with Gasteiger partial charge in [-0.2, -0.15) is 0 Å². The smallest absolute Gasteiger partial charge is 0.350 e. The van der Waals surface area contributed by atoms with Crippen molar-refractivity contribution in [2.45, 2.75) is 6.92 Å². The molecule has 0 aliphatic carbocycles. The van der Waals surface area contributed by atoms with Crippen LogP contribution in [0.3, 0.4) is 0 Å². The van der Waals surface area contributed by atoms with Crippen LogP contribution in [0.4, 0.5) is 11.4 Å². The number of nitrogens with zero attached hydrogens (tertiary/aromatic N) is 2. The molecule has 0 saturated carbocycles. The van der Waals surface area contributed by atoms with E-state index in [1.165, 1.54) is 18.4 Å². The number of ether oxygens (including phenoxy) is 1. The summed E-state index contributed by atoms with van der Waals surface area (Å²) in [6.07, 6.45) is 1.78. The van der Waals surface area contributed by atoms with Crippen LogP contribution in [-0.4, -0.2) is 31.3 Å². The van der Waals surface area contributed by atoms with Crippen LogP contribution < -0.4 is 10.2 Å². The summed E-state index contributed by atoms with van der Waals surface area (Å²) in [5.41, 5.74) is 1.98. The molecule has 0 amide bonds. The normalized spacial score (nSPS) is 13.6. The summed E-state index contributed by atoms with van der Waals surface area (Å²) in [6.45, 7) is 3.71. The molecule has 0 fully saturated rings. The minimum absolute atomic E-state index is 0.309. The van der Waals surface area contributed by atoms with Crippen molar-refractivity contribution in [1.29, 1.82) is 0 Å². The van der Waals surface area contributed by atoms with Gasteiger partial charge >= 0.3 is 5.97 Å². The number of carbonyl (C=O) groups excluding carboxylic acids is 1. The number of rotatable bonds is 2. The molecule has 1 N–H and O–H groups in total. The molecule has 3 rings (SSSR count). The third kappa shape index (κ3) is 1.45. The Morgan fingerprint density at radius 2 is 2.50 bits per heavy atom. The minimum Gasteiger partial charge on any atom is -0.465 e. The van der Waals surface area contributed by atoms with Crippen LogP contribution in [0.25, 0.3) is 10.2 Å². The monoisotopic (exact) mass is 263 g/mol. The van der Waals surface area contributed by atoms with Gasteiger partial charge in [-0.05, 0) is 13.0 Å². The van der Waals surface area contributed by atoms with Crippen molar-refractivity contribution < 1.29 is 9.53 Å². The lowest BCUT2D eigenvalue weighted by molar-refractivity contribution is 0.0607. The van der Waals surface area contributed by atoms with Gasteiger partial charge in [0.25, 0.3) is 0 Å². The van der Waals surface area contributed by atoms with Crippen LogP contribution in [0.2, 0.25) is 0 Å². The van der Waals surface area contributed by atoms with Crippen molar-refractivity contribution in [3.8, 4) is 0 Å². The van der Waals surface area contributed by atoms with Gasteiger partial charge in [0.2, 0.25) is 0 Å². The molecular weight excluding hydrogens is 250 g/mol. The van der Waals surface area contributed by atoms with Crippen molar-refractivity contribution in [2.75, 3.05) is 30.5 Å². The fraction of sp³-hybridized carbons (Fsp3) is 0.333. The molecule has 6 heteroatoms. The van der Waals surface area contributed by atoms with Crippen LogP contribution in [0.15, 0.2) is 12.3 Å². The second-order valence-corrected chi connectivity index (χ2v) is 5.00. The summed E-state index contributed by atoms with van der Waals surface area (Å²) in [5.74, 6) is -0.309. The van der Waals surface area contributed by atoms with Crippen LogP contribution in [-0.2, 0) is 4.74 Å². The first-order chi connectivity index (χ1) is 8.76. The van der Waals surface area contributed by atoms with Crippen LogP contribution in [0, 0.1) is 0 Å². The maximum Gasteiger partial charge on any atom is 0.350 e. The zero-order chi connectivity index (χ0) is 12.7. The molecule has 94 valence electrons. The molecule has 0 atom stereocenters. The Morgan fingerprint density at radius 3 is 3.22 bits per heavy atom. The topological polar surface area (TPSA) is 54.5 Å². The number of carbonyl (C=O) groups is 1. The lowest BCUT2D eigenvalue weighted by Gasteiger charge is -2.29. The lowest BCUT2D eigenvalue weighted by atomic mass is 10.2. The van der Waals surface area contributed by atoms with Gasteiger partial charge in [-0.15, -0.1) is 11.3 Å². The molecule has 1 aliphatic heterocycles. The highest BCUT2D eigenvalue weighted by atomic mass is 32.1. The van der Waals surface area contributed by atoms with E-state index in [-0.39, 0.29) is 5.97 Å². The Morgan fingerprint density at radius 1 is 1.67 bits per heavy atom. The number of anilines is 2. The van der Waals surface area contributed by atoms with E-state index < -0.39 is 0 Å². The van der Waals surface area contributed by atoms with E-state index in [4.69, 9.17) is 4.74 Å². The molecule has 5 nitrogen and oxygen atoms in total. The number of esters is 1. The second-order valence-electron chi connectivity index (χ2n) is 4.00. The fourth-order valence-corrected chi connectivity index (χ4v) is 3.28. The maximum absolute atomic E-state index is 11.8. The van der Waals surface area contributed by atoms with E-state index in [1.54, 1.807) is 6.20 Å². The Labute approximate surface area is 108 Å². The van der Waals surface area contributed by atoms with Gasteiger partial charge in [-0.3, -0.25) is 0 Å². The van der Waals surface area contributed by atoms with Crippen molar-refractivity contribution in [2.24, 2.45) is 0 Å². The zero-order valence-electron chi connectivity index (χ0n) is 10.2. The highest BCUT2D eigenvalue weighted by molar-refractivity contribution is 7.21. The first-order valence-electron chi connectivity index (χ1n) is 5.75. The van der Waals surface area contributed by atoms with Crippen LogP contribution in [0.1, 0.15) is 16.6 Å². The van der Waals surface area contributed by atoms with Gasteiger partial charge in [-0.1, -0.05) is 0 Å². The molecule has 0 aromatic carbocycles. The van der Waals surface area contributed by atoms with E-state index in [1.807, 2.05) is 6.07 Å². The van der Waals surface area contributed by atoms with Crippen molar-refractivity contribution in [1.82, 2.24) is 4.98 Å². The molecule has 0 unspecified atom stereocenters. The SMILES string of the molecule is CCN1CNc2c(C(=O)OC)sc3nccc1c23. The highest BCUT2D eigenvalue weighted by Gasteiger charge is 2.26. The Balaban J connectivity index is 2.28. The minimum atomic E-state index is -0.309. The van der Waals surface area contributed by atoms with E-state index in [2.05, 4.69) is 22.1 Å². The molecule has 0 bridgehead atoms. The number of methoxy groups -OCH3 is 1. The summed E-state index contributed by atoms with van der Waals surface area (Å²) in [7, 11) is 1.40. The molecular formula is C12H13N3O2S. The Kier molecular flexibility index (Phi) is 2.59. The summed E-state index contributed by atoms with van der Waals surface area (Å²) < 4.78 is 4.82. The summed E-state index contributed by atoms with van der Waals surface area (Å²) >= 11 is 1.37. The number of thiophene rings is 1. The van der Waals surface area contributed by atoms with E-state index in [0.29, 0.717) is 11.5 Å². The third-order valence-electron chi connectivity index (χ3n) is 3.11. The zero-order valence-corrected chi connectivity index (χ0v) is 11.0. The number of nitrogens with one attached hydrogen (secondary N) is 1. The number of hydrogen-bond donors (Lipinski definition) is 1. The van der Waals surface area contributed by atoms with Gasteiger partial charge in [0.05, 0.1) is 30.5 Å². The average Bonchev–Trinajstić information content (AvgIpc) is 2.79. The largest absolute Gasteiger partial charge is 0.465 e. The standard InChI is InChI=1S/C12H13N3O2S/c1-3-15-6-14-9-8-7(15)4-5-13-11(8)18-10(9)12(16)17-2/h4-5,14H,3,6H2,1-2H3. The lowest BCUT2D eigenvalue weighted by Crippen LogP contribution is -2.32. The van der Waals surface area contributed by atoms with Gasteiger partial charge in [0, 0.05) is 12.7 Å². The summed E-state index contributed by atoms with van der Waals surface area (Å²) in [4.78, 5) is 19.8. The van der Waals surface area contributed by atoms with E-state index in [0.717, 1.165) is 28.1 Å². The molecule has 1 aliphatic rings. The quantitative estimate of drug-likeness (QED) is 0.842. The molecule has 0 radical (unpaired) electrons. The first kappa shape index (κ1) is 11.3. The van der Waals surface area contributed by atoms with E-state index >= 15 is 0 Å². The summed E-state index contributed by atoms with van der Waals surface area (Å²) in [5, 5.41) is 4.31.